The van der Waals surface area contributed by atoms with Crippen molar-refractivity contribution in [1.29, 1.82) is 10.5 Å². The molecule has 0 aliphatic carbocycles. The molecule has 11 heteroatoms. The molecule has 0 radical (unpaired) electrons. The zero-order chi connectivity index (χ0) is 15.4. The number of benzene rings is 1. The Morgan fingerprint density at radius 3 is 1.26 bits per heavy atom. The lowest BCUT2D eigenvalue weighted by Crippen LogP contribution is -1.89. The Labute approximate surface area is 127 Å². The summed E-state index contributed by atoms with van der Waals surface area (Å²) in [5, 5.41) is 17.2. The van der Waals surface area contributed by atoms with E-state index >= 15 is 0 Å². The molecule has 0 saturated heterocycles. The van der Waals surface area contributed by atoms with Gasteiger partial charge in [-0.1, -0.05) is 46.4 Å². The number of nitriles is 2. The first-order valence-corrected chi connectivity index (χ1v) is 7.06. The van der Waals surface area contributed by atoms with E-state index < -0.39 is 7.82 Å². The molecule has 102 valence electrons. The van der Waals surface area contributed by atoms with Crippen molar-refractivity contribution in [3.63, 3.8) is 0 Å². The molecule has 0 fully saturated rings. The SMILES string of the molecule is N#Cc1c(Cl)c(Cl)c(Cl)c(C#N)c1Cl.O=P(O)(O)O. The summed E-state index contributed by atoms with van der Waals surface area (Å²) in [6.45, 7) is 0. The predicted molar refractivity (Wildman–Crippen MR) is 70.2 cm³/mol. The minimum absolute atomic E-state index is 0.0363. The molecule has 0 amide bonds. The van der Waals surface area contributed by atoms with Gasteiger partial charge in [0.15, 0.2) is 0 Å². The Morgan fingerprint density at radius 2 is 1.05 bits per heavy atom. The lowest BCUT2D eigenvalue weighted by molar-refractivity contribution is 0.275. The minimum Gasteiger partial charge on any atom is -0.303 e. The van der Waals surface area contributed by atoms with Crippen molar-refractivity contribution in [2.75, 3.05) is 0 Å². The van der Waals surface area contributed by atoms with Gasteiger partial charge in [-0.2, -0.15) is 10.5 Å². The number of rotatable bonds is 0. The van der Waals surface area contributed by atoms with Crippen LogP contribution in [0.3, 0.4) is 0 Å². The van der Waals surface area contributed by atoms with Crippen LogP contribution in [0.15, 0.2) is 0 Å². The second-order valence-electron chi connectivity index (χ2n) is 2.74. The van der Waals surface area contributed by atoms with Gasteiger partial charge in [-0.05, 0) is 0 Å². The molecule has 19 heavy (non-hydrogen) atoms. The average Bonchev–Trinajstić information content (AvgIpc) is 2.25. The van der Waals surface area contributed by atoms with Crippen LogP contribution >= 0.6 is 54.2 Å². The lowest BCUT2D eigenvalue weighted by Gasteiger charge is -2.05. The predicted octanol–water partition coefficient (Wildman–Crippen LogP) is 3.11. The number of hydrogen-bond acceptors (Lipinski definition) is 3. The van der Waals surface area contributed by atoms with Gasteiger partial charge in [-0.3, -0.25) is 0 Å². The van der Waals surface area contributed by atoms with Crippen molar-refractivity contribution in [2.24, 2.45) is 0 Å². The van der Waals surface area contributed by atoms with Gasteiger partial charge in [0.2, 0.25) is 0 Å². The highest BCUT2D eigenvalue weighted by molar-refractivity contribution is 7.45. The topological polar surface area (TPSA) is 125 Å². The standard InChI is InChI=1S/C8Cl4N2.H3O4P/c9-5-3(1-13)6(10)8(12)7(11)4(5)2-14;1-5(2,3)4/h;(H3,1,2,3,4). The summed E-state index contributed by atoms with van der Waals surface area (Å²) in [4.78, 5) is 21.6. The fraction of sp³-hybridized carbons (Fsp3) is 0. The molecule has 0 unspecified atom stereocenters. The van der Waals surface area contributed by atoms with Crippen LogP contribution in [0.2, 0.25) is 20.1 Å². The van der Waals surface area contributed by atoms with Gasteiger partial charge >= 0.3 is 7.82 Å². The molecule has 0 saturated carbocycles. The summed E-state index contributed by atoms with van der Waals surface area (Å²) >= 11 is 22.8. The number of halogens is 4. The monoisotopic (exact) mass is 362 g/mol. The Balaban J connectivity index is 0.000000555. The van der Waals surface area contributed by atoms with Crippen molar-refractivity contribution in [2.45, 2.75) is 0 Å². The fourth-order valence-corrected chi connectivity index (χ4v) is 1.90. The third-order valence-corrected chi connectivity index (χ3v) is 3.19. The van der Waals surface area contributed by atoms with Gasteiger partial charge in [0, 0.05) is 0 Å². The van der Waals surface area contributed by atoms with Crippen molar-refractivity contribution >= 4 is 54.2 Å². The average molecular weight is 364 g/mol. The number of nitrogens with zero attached hydrogens (tertiary/aromatic N) is 2. The fourth-order valence-electron chi connectivity index (χ4n) is 0.830. The van der Waals surface area contributed by atoms with Crippen LogP contribution < -0.4 is 0 Å². The van der Waals surface area contributed by atoms with Crippen LogP contribution in [-0.4, -0.2) is 14.7 Å². The molecule has 0 aromatic heterocycles. The highest BCUT2D eigenvalue weighted by Crippen LogP contribution is 2.40. The van der Waals surface area contributed by atoms with Gasteiger partial charge < -0.3 is 14.7 Å². The molecule has 0 heterocycles. The summed E-state index contributed by atoms with van der Waals surface area (Å²) in [6.07, 6.45) is 0. The van der Waals surface area contributed by atoms with Crippen molar-refractivity contribution in [3.8, 4) is 12.1 Å². The highest BCUT2D eigenvalue weighted by atomic mass is 35.5. The molecule has 0 bridgehead atoms. The van der Waals surface area contributed by atoms with Crippen molar-refractivity contribution < 1.29 is 19.2 Å². The maximum absolute atomic E-state index is 8.88. The first-order chi connectivity index (χ1) is 8.54. The second-order valence-corrected chi connectivity index (χ2v) is 5.28. The van der Waals surface area contributed by atoms with Crippen LogP contribution in [0.4, 0.5) is 0 Å². The molecule has 0 aliphatic rings. The van der Waals surface area contributed by atoms with Crippen LogP contribution in [0.5, 0.6) is 0 Å². The van der Waals surface area contributed by atoms with E-state index in [-0.39, 0.29) is 31.2 Å². The van der Waals surface area contributed by atoms with E-state index in [1.54, 1.807) is 12.1 Å². The molecule has 1 rings (SSSR count). The third-order valence-electron chi connectivity index (χ3n) is 1.49. The van der Waals surface area contributed by atoms with Crippen molar-refractivity contribution in [1.82, 2.24) is 0 Å². The normalized spacial score (nSPS) is 9.95. The van der Waals surface area contributed by atoms with Gasteiger partial charge in [-0.25, -0.2) is 4.57 Å². The van der Waals surface area contributed by atoms with E-state index in [0.29, 0.717) is 0 Å². The van der Waals surface area contributed by atoms with E-state index in [2.05, 4.69) is 0 Å². The van der Waals surface area contributed by atoms with E-state index in [0.717, 1.165) is 0 Å². The van der Waals surface area contributed by atoms with E-state index in [4.69, 9.17) is 76.2 Å². The van der Waals surface area contributed by atoms with E-state index in [1.807, 2.05) is 0 Å². The second kappa shape index (κ2) is 7.31. The van der Waals surface area contributed by atoms with E-state index in [1.165, 1.54) is 0 Å². The van der Waals surface area contributed by atoms with E-state index in [9.17, 15) is 0 Å². The Hall–Kier alpha value is -0.530. The summed E-state index contributed by atoms with van der Waals surface area (Å²) in [6, 6.07) is 3.50. The van der Waals surface area contributed by atoms with Gasteiger partial charge in [0.25, 0.3) is 0 Å². The van der Waals surface area contributed by atoms with Crippen LogP contribution in [0.25, 0.3) is 0 Å². The number of hydrogen-bond donors (Lipinski definition) is 3. The van der Waals surface area contributed by atoms with Crippen LogP contribution in [-0.2, 0) is 4.57 Å². The number of phosphoric acid groups is 1. The summed E-state index contributed by atoms with van der Waals surface area (Å²) in [5.74, 6) is 0. The zero-order valence-corrected chi connectivity index (χ0v) is 12.5. The molecular weight excluding hydrogens is 361 g/mol. The van der Waals surface area contributed by atoms with Crippen LogP contribution in [0, 0.1) is 22.7 Å². The van der Waals surface area contributed by atoms with Crippen molar-refractivity contribution in [3.05, 3.63) is 31.2 Å². The molecule has 1 aromatic rings. The zero-order valence-electron chi connectivity index (χ0n) is 8.60. The molecule has 0 atom stereocenters. The Kier molecular flexibility index (Phi) is 7.10. The molecule has 1 aromatic carbocycles. The molecule has 0 aliphatic heterocycles. The maximum Gasteiger partial charge on any atom is 0.466 e. The Bertz CT molecular complexity index is 582. The maximum atomic E-state index is 8.88. The van der Waals surface area contributed by atoms with Gasteiger partial charge in [0.1, 0.15) is 12.1 Å². The quantitative estimate of drug-likeness (QED) is 0.369. The van der Waals surface area contributed by atoms with Crippen LogP contribution in [0.1, 0.15) is 11.1 Å². The summed E-state index contributed by atoms with van der Waals surface area (Å²) < 4.78 is 8.88. The van der Waals surface area contributed by atoms with Gasteiger partial charge in [0.05, 0.1) is 31.2 Å². The third kappa shape index (κ3) is 5.54. The first-order valence-electron chi connectivity index (χ1n) is 3.99. The highest BCUT2D eigenvalue weighted by Gasteiger charge is 2.19. The smallest absolute Gasteiger partial charge is 0.303 e. The van der Waals surface area contributed by atoms with Gasteiger partial charge in [-0.15, -0.1) is 0 Å². The summed E-state index contributed by atoms with van der Waals surface area (Å²) in [7, 11) is -4.64. The Morgan fingerprint density at radius 1 is 0.789 bits per heavy atom. The molecule has 3 N–H and O–H groups in total. The largest absolute Gasteiger partial charge is 0.466 e. The summed E-state index contributed by atoms with van der Waals surface area (Å²) in [5.41, 5.74) is -0.0847. The molecule has 0 spiro atoms. The first kappa shape index (κ1) is 18.5. The minimum atomic E-state index is -4.64. The lowest BCUT2D eigenvalue weighted by atomic mass is 10.1. The molecule has 6 nitrogen and oxygen atoms in total. The molecular formula is C8H3Cl4N2O4P.